The molecule has 0 bridgehead atoms. The highest BCUT2D eigenvalue weighted by Gasteiger charge is 2.30. The second kappa shape index (κ2) is 12.4. The lowest BCUT2D eigenvalue weighted by atomic mass is 9.90. The standard InChI is InChI=1S/C28H33N3O4/c1-34-26-13-8-14-29-25(26)21-35-20-24(32)19-30-15-17-31(18-16-30)28(33)27(22-9-4-2-5-10-22)23-11-6-3-7-12-23/h2-14,24,27,32H,15-21H2,1H3. The van der Waals surface area contributed by atoms with E-state index in [1.165, 1.54) is 0 Å². The van der Waals surface area contributed by atoms with Crippen LogP contribution >= 0.6 is 0 Å². The van der Waals surface area contributed by atoms with Crippen LogP contribution in [0.3, 0.4) is 0 Å². The molecule has 4 rings (SSSR count). The van der Waals surface area contributed by atoms with Crippen LogP contribution in [0.4, 0.5) is 0 Å². The summed E-state index contributed by atoms with van der Waals surface area (Å²) in [4.78, 5) is 22.0. The van der Waals surface area contributed by atoms with E-state index in [0.29, 0.717) is 44.2 Å². The van der Waals surface area contributed by atoms with Crippen LogP contribution in [-0.2, 0) is 16.1 Å². The van der Waals surface area contributed by atoms with E-state index in [2.05, 4.69) is 9.88 Å². The number of hydrogen-bond donors (Lipinski definition) is 1. The molecule has 0 aliphatic carbocycles. The van der Waals surface area contributed by atoms with E-state index in [4.69, 9.17) is 9.47 Å². The molecular formula is C28H33N3O4. The van der Waals surface area contributed by atoms with E-state index in [9.17, 15) is 9.90 Å². The lowest BCUT2D eigenvalue weighted by Gasteiger charge is -2.37. The van der Waals surface area contributed by atoms with Gasteiger partial charge >= 0.3 is 0 Å². The maximum Gasteiger partial charge on any atom is 0.234 e. The van der Waals surface area contributed by atoms with E-state index in [1.807, 2.05) is 77.7 Å². The summed E-state index contributed by atoms with van der Waals surface area (Å²) in [6.45, 7) is 3.69. The van der Waals surface area contributed by atoms with Crippen molar-refractivity contribution in [1.29, 1.82) is 0 Å². The number of aliphatic hydroxyl groups excluding tert-OH is 1. The number of amides is 1. The van der Waals surface area contributed by atoms with Gasteiger partial charge in [0.1, 0.15) is 11.4 Å². The number of aliphatic hydroxyl groups is 1. The molecule has 1 aliphatic rings. The number of carbonyl (C=O) groups excluding carboxylic acids is 1. The van der Waals surface area contributed by atoms with Crippen molar-refractivity contribution in [2.75, 3.05) is 46.4 Å². The zero-order valence-corrected chi connectivity index (χ0v) is 20.1. The highest BCUT2D eigenvalue weighted by Crippen LogP contribution is 2.27. The molecule has 0 spiro atoms. The van der Waals surface area contributed by atoms with E-state index in [1.54, 1.807) is 13.3 Å². The van der Waals surface area contributed by atoms with Crippen molar-refractivity contribution in [2.45, 2.75) is 18.6 Å². The Balaban J connectivity index is 1.28. The quantitative estimate of drug-likeness (QED) is 0.486. The van der Waals surface area contributed by atoms with Crippen LogP contribution in [-0.4, -0.2) is 78.3 Å². The Hall–Kier alpha value is -3.26. The van der Waals surface area contributed by atoms with Gasteiger partial charge in [0.15, 0.2) is 0 Å². The average Bonchev–Trinajstić information content (AvgIpc) is 2.91. The molecule has 184 valence electrons. The van der Waals surface area contributed by atoms with Crippen LogP contribution in [0.25, 0.3) is 0 Å². The number of piperazine rings is 1. The monoisotopic (exact) mass is 475 g/mol. The van der Waals surface area contributed by atoms with Gasteiger partial charge in [0.25, 0.3) is 0 Å². The van der Waals surface area contributed by atoms with Crippen LogP contribution in [0.1, 0.15) is 22.7 Å². The Bertz CT molecular complexity index is 1020. The maximum absolute atomic E-state index is 13.6. The largest absolute Gasteiger partial charge is 0.495 e. The Morgan fingerprint density at radius 3 is 2.17 bits per heavy atom. The molecular weight excluding hydrogens is 442 g/mol. The van der Waals surface area contributed by atoms with Crippen LogP contribution in [0.5, 0.6) is 5.75 Å². The first kappa shape index (κ1) is 24.9. The SMILES string of the molecule is COc1cccnc1COCC(O)CN1CCN(C(=O)C(c2ccccc2)c2ccccc2)CC1. The summed E-state index contributed by atoms with van der Waals surface area (Å²) >= 11 is 0. The molecule has 1 aliphatic heterocycles. The number of nitrogens with zero attached hydrogens (tertiary/aromatic N) is 3. The van der Waals surface area contributed by atoms with E-state index >= 15 is 0 Å². The number of aromatic nitrogens is 1. The van der Waals surface area contributed by atoms with Gasteiger partial charge in [-0.25, -0.2) is 0 Å². The topological polar surface area (TPSA) is 75.1 Å². The molecule has 0 radical (unpaired) electrons. The first-order chi connectivity index (χ1) is 17.2. The maximum atomic E-state index is 13.6. The first-order valence-corrected chi connectivity index (χ1v) is 12.0. The molecule has 7 heteroatoms. The third kappa shape index (κ3) is 6.66. The van der Waals surface area contributed by atoms with Crippen molar-refractivity contribution >= 4 is 5.91 Å². The summed E-state index contributed by atoms with van der Waals surface area (Å²) in [6, 6.07) is 23.6. The highest BCUT2D eigenvalue weighted by molar-refractivity contribution is 5.87. The van der Waals surface area contributed by atoms with E-state index < -0.39 is 6.10 Å². The minimum absolute atomic E-state index is 0.121. The van der Waals surface area contributed by atoms with Crippen molar-refractivity contribution in [3.8, 4) is 5.75 Å². The highest BCUT2D eigenvalue weighted by atomic mass is 16.5. The van der Waals surface area contributed by atoms with Crippen LogP contribution in [0.15, 0.2) is 79.0 Å². The normalized spacial score (nSPS) is 15.2. The summed E-state index contributed by atoms with van der Waals surface area (Å²) in [6.07, 6.45) is 1.08. The summed E-state index contributed by atoms with van der Waals surface area (Å²) in [7, 11) is 1.60. The van der Waals surface area contributed by atoms with Crippen LogP contribution in [0.2, 0.25) is 0 Å². The summed E-state index contributed by atoms with van der Waals surface area (Å²) < 4.78 is 11.0. The van der Waals surface area contributed by atoms with Crippen molar-refractivity contribution in [3.05, 3.63) is 95.8 Å². The predicted molar refractivity (Wildman–Crippen MR) is 134 cm³/mol. The molecule has 1 atom stereocenters. The smallest absolute Gasteiger partial charge is 0.234 e. The number of carbonyl (C=O) groups is 1. The minimum Gasteiger partial charge on any atom is -0.495 e. The molecule has 2 aromatic carbocycles. The van der Waals surface area contributed by atoms with Gasteiger partial charge in [-0.15, -0.1) is 0 Å². The van der Waals surface area contributed by atoms with E-state index in [0.717, 1.165) is 11.1 Å². The third-order valence-electron chi connectivity index (χ3n) is 6.28. The molecule has 7 nitrogen and oxygen atoms in total. The fourth-order valence-electron chi connectivity index (χ4n) is 4.46. The molecule has 1 saturated heterocycles. The first-order valence-electron chi connectivity index (χ1n) is 12.0. The second-order valence-electron chi connectivity index (χ2n) is 8.70. The summed E-state index contributed by atoms with van der Waals surface area (Å²) in [5, 5.41) is 10.5. The van der Waals surface area contributed by atoms with Crippen LogP contribution in [0, 0.1) is 0 Å². The van der Waals surface area contributed by atoms with Gasteiger partial charge in [-0.1, -0.05) is 60.7 Å². The summed E-state index contributed by atoms with van der Waals surface area (Å²) in [5.41, 5.74) is 2.71. The Morgan fingerprint density at radius 1 is 0.943 bits per heavy atom. The number of β-amino-alcohol motifs (C(OH)–C–C–N with tert-alkyl or cyclic N) is 1. The zero-order valence-electron chi connectivity index (χ0n) is 20.1. The van der Waals surface area contributed by atoms with Gasteiger partial charge in [-0.05, 0) is 23.3 Å². The van der Waals surface area contributed by atoms with Gasteiger partial charge in [-0.2, -0.15) is 0 Å². The molecule has 1 aromatic heterocycles. The Labute approximate surface area is 206 Å². The molecule has 35 heavy (non-hydrogen) atoms. The number of benzene rings is 2. The Kier molecular flexibility index (Phi) is 8.84. The van der Waals surface area contributed by atoms with Gasteiger partial charge in [-0.3, -0.25) is 14.7 Å². The number of pyridine rings is 1. The molecule has 1 amide bonds. The number of hydrogen-bond acceptors (Lipinski definition) is 6. The second-order valence-corrected chi connectivity index (χ2v) is 8.70. The fraction of sp³-hybridized carbons (Fsp3) is 0.357. The fourth-order valence-corrected chi connectivity index (χ4v) is 4.46. The molecule has 3 aromatic rings. The average molecular weight is 476 g/mol. The molecule has 1 unspecified atom stereocenters. The molecule has 1 fully saturated rings. The number of methoxy groups -OCH3 is 1. The lowest BCUT2D eigenvalue weighted by molar-refractivity contribution is -0.133. The van der Waals surface area contributed by atoms with Gasteiger partial charge in [0.2, 0.25) is 5.91 Å². The molecule has 2 heterocycles. The number of ether oxygens (including phenoxy) is 2. The zero-order chi connectivity index (χ0) is 24.5. The van der Waals surface area contributed by atoms with Gasteiger partial charge in [0, 0.05) is 38.9 Å². The van der Waals surface area contributed by atoms with Crippen LogP contribution < -0.4 is 4.74 Å². The van der Waals surface area contributed by atoms with Crippen molar-refractivity contribution < 1.29 is 19.4 Å². The van der Waals surface area contributed by atoms with Crippen molar-refractivity contribution in [2.24, 2.45) is 0 Å². The predicted octanol–water partition coefficient (Wildman–Crippen LogP) is 2.94. The van der Waals surface area contributed by atoms with Crippen molar-refractivity contribution in [3.63, 3.8) is 0 Å². The van der Waals surface area contributed by atoms with Gasteiger partial charge < -0.3 is 19.5 Å². The number of rotatable bonds is 10. The Morgan fingerprint density at radius 2 is 1.57 bits per heavy atom. The molecule has 1 N–H and O–H groups in total. The summed E-state index contributed by atoms with van der Waals surface area (Å²) in [5.74, 6) is 0.480. The minimum atomic E-state index is -0.617. The van der Waals surface area contributed by atoms with Gasteiger partial charge in [0.05, 0.1) is 32.3 Å². The molecule has 0 saturated carbocycles. The lowest BCUT2D eigenvalue weighted by Crippen LogP contribution is -2.51. The van der Waals surface area contributed by atoms with E-state index in [-0.39, 0.29) is 25.0 Å². The van der Waals surface area contributed by atoms with Crippen molar-refractivity contribution in [1.82, 2.24) is 14.8 Å². The third-order valence-corrected chi connectivity index (χ3v) is 6.28.